The van der Waals surface area contributed by atoms with Crippen molar-refractivity contribution in [3.05, 3.63) is 0 Å². The number of hydrogen-bond donors (Lipinski definition) is 2. The predicted octanol–water partition coefficient (Wildman–Crippen LogP) is -0.852. The van der Waals surface area contributed by atoms with E-state index < -0.39 is 49.1 Å². The van der Waals surface area contributed by atoms with Gasteiger partial charge in [0, 0.05) is 6.92 Å². The zero-order valence-electron chi connectivity index (χ0n) is 10.5. The molecule has 7 heteroatoms. The molecule has 0 aromatic carbocycles. The fraction of sp³-hybridized carbons (Fsp3) is 0.909. The quantitative estimate of drug-likeness (QED) is 0.639. The molecule has 0 bridgehead atoms. The highest BCUT2D eigenvalue weighted by Crippen LogP contribution is 2.39. The molecule has 0 aliphatic carbocycles. The first-order valence-corrected chi connectivity index (χ1v) is 5.81. The standard InChI is InChI=1S/C11H18O7/c1-5(13)15-8-7(6(14)4-12)16-10-9(8)17-11(2,3)18-10/h6-10,12,14H,4H2,1-3H3/t6-,7+,8-,9-,10+/m1/s1. The summed E-state index contributed by atoms with van der Waals surface area (Å²) in [7, 11) is 0. The van der Waals surface area contributed by atoms with E-state index in [0.29, 0.717) is 0 Å². The largest absolute Gasteiger partial charge is 0.457 e. The zero-order chi connectivity index (χ0) is 13.5. The summed E-state index contributed by atoms with van der Waals surface area (Å²) in [5.74, 6) is -1.34. The van der Waals surface area contributed by atoms with Gasteiger partial charge in [0.25, 0.3) is 0 Å². The molecule has 18 heavy (non-hydrogen) atoms. The van der Waals surface area contributed by atoms with Gasteiger partial charge in [-0.05, 0) is 13.8 Å². The number of hydrogen-bond acceptors (Lipinski definition) is 7. The van der Waals surface area contributed by atoms with E-state index in [0.717, 1.165) is 0 Å². The van der Waals surface area contributed by atoms with Crippen LogP contribution in [0, 0.1) is 0 Å². The Bertz CT molecular complexity index is 329. The minimum absolute atomic E-state index is 0.495. The van der Waals surface area contributed by atoms with Gasteiger partial charge in [-0.15, -0.1) is 0 Å². The Labute approximate surface area is 105 Å². The second kappa shape index (κ2) is 4.75. The monoisotopic (exact) mass is 262 g/mol. The zero-order valence-corrected chi connectivity index (χ0v) is 10.5. The molecule has 0 aromatic rings. The smallest absolute Gasteiger partial charge is 0.303 e. The highest BCUT2D eigenvalue weighted by molar-refractivity contribution is 5.66. The molecule has 2 N–H and O–H groups in total. The van der Waals surface area contributed by atoms with Crippen molar-refractivity contribution in [3.8, 4) is 0 Å². The van der Waals surface area contributed by atoms with Crippen LogP contribution in [-0.4, -0.2) is 59.3 Å². The third-order valence-corrected chi connectivity index (χ3v) is 2.90. The summed E-state index contributed by atoms with van der Waals surface area (Å²) in [6.07, 6.45) is -4.12. The Morgan fingerprint density at radius 1 is 1.44 bits per heavy atom. The number of esters is 1. The molecule has 7 nitrogen and oxygen atoms in total. The molecule has 104 valence electrons. The molecule has 2 aliphatic heterocycles. The molecule has 0 spiro atoms. The molecule has 0 unspecified atom stereocenters. The lowest BCUT2D eigenvalue weighted by atomic mass is 10.1. The number of fused-ring (bicyclic) bond motifs is 1. The summed E-state index contributed by atoms with van der Waals surface area (Å²) in [4.78, 5) is 11.1. The van der Waals surface area contributed by atoms with Crippen molar-refractivity contribution in [3.63, 3.8) is 0 Å². The summed E-state index contributed by atoms with van der Waals surface area (Å²) in [6, 6.07) is 0. The molecule has 2 fully saturated rings. The van der Waals surface area contributed by atoms with Crippen LogP contribution in [0.4, 0.5) is 0 Å². The Hall–Kier alpha value is -0.730. The van der Waals surface area contributed by atoms with Gasteiger partial charge in [-0.2, -0.15) is 0 Å². The predicted molar refractivity (Wildman–Crippen MR) is 57.3 cm³/mol. The van der Waals surface area contributed by atoms with Crippen LogP contribution in [-0.2, 0) is 23.7 Å². The molecule has 0 amide bonds. The third-order valence-electron chi connectivity index (χ3n) is 2.90. The second-order valence-corrected chi connectivity index (χ2v) is 4.89. The van der Waals surface area contributed by atoms with Gasteiger partial charge in [-0.1, -0.05) is 0 Å². The number of carbonyl (C=O) groups excluding carboxylic acids is 1. The molecule has 0 radical (unpaired) electrons. The van der Waals surface area contributed by atoms with E-state index in [1.807, 2.05) is 0 Å². The molecule has 2 heterocycles. The van der Waals surface area contributed by atoms with Gasteiger partial charge in [0.2, 0.25) is 0 Å². The molecule has 2 rings (SSSR count). The van der Waals surface area contributed by atoms with E-state index >= 15 is 0 Å². The van der Waals surface area contributed by atoms with E-state index in [2.05, 4.69) is 0 Å². The van der Waals surface area contributed by atoms with Crippen LogP contribution in [0.5, 0.6) is 0 Å². The average Bonchev–Trinajstić information content (AvgIpc) is 2.71. The second-order valence-electron chi connectivity index (χ2n) is 4.89. The van der Waals surface area contributed by atoms with E-state index in [9.17, 15) is 9.90 Å². The van der Waals surface area contributed by atoms with Crippen molar-refractivity contribution in [2.24, 2.45) is 0 Å². The van der Waals surface area contributed by atoms with Crippen molar-refractivity contribution in [1.82, 2.24) is 0 Å². The Morgan fingerprint density at radius 2 is 2.11 bits per heavy atom. The first kappa shape index (κ1) is 13.7. The van der Waals surface area contributed by atoms with Gasteiger partial charge in [0.05, 0.1) is 6.61 Å². The first-order valence-electron chi connectivity index (χ1n) is 5.81. The van der Waals surface area contributed by atoms with Crippen molar-refractivity contribution in [2.45, 2.75) is 57.3 Å². The van der Waals surface area contributed by atoms with Gasteiger partial charge >= 0.3 is 5.97 Å². The fourth-order valence-electron chi connectivity index (χ4n) is 2.24. The highest BCUT2D eigenvalue weighted by Gasteiger charge is 2.57. The van der Waals surface area contributed by atoms with Gasteiger partial charge in [0.15, 0.2) is 24.3 Å². The Kier molecular flexibility index (Phi) is 3.61. The van der Waals surface area contributed by atoms with Gasteiger partial charge in [-0.3, -0.25) is 4.79 Å². The van der Waals surface area contributed by atoms with Crippen molar-refractivity contribution in [1.29, 1.82) is 0 Å². The number of aliphatic hydroxyl groups is 2. The van der Waals surface area contributed by atoms with E-state index in [4.69, 9.17) is 24.1 Å². The Morgan fingerprint density at radius 3 is 2.67 bits per heavy atom. The van der Waals surface area contributed by atoms with E-state index in [1.54, 1.807) is 13.8 Å². The van der Waals surface area contributed by atoms with Crippen LogP contribution < -0.4 is 0 Å². The lowest BCUT2D eigenvalue weighted by Gasteiger charge is -2.27. The number of aliphatic hydroxyl groups excluding tert-OH is 2. The van der Waals surface area contributed by atoms with Crippen LogP contribution >= 0.6 is 0 Å². The molecule has 0 aromatic heterocycles. The topological polar surface area (TPSA) is 94.5 Å². The molecule has 5 atom stereocenters. The highest BCUT2D eigenvalue weighted by atomic mass is 16.8. The lowest BCUT2D eigenvalue weighted by Crippen LogP contribution is -2.44. The molecular weight excluding hydrogens is 244 g/mol. The summed E-state index contributed by atoms with van der Waals surface area (Å²) in [5, 5.41) is 18.6. The minimum atomic E-state index is -1.16. The maximum absolute atomic E-state index is 11.1. The molecule has 0 saturated carbocycles. The van der Waals surface area contributed by atoms with E-state index in [1.165, 1.54) is 6.92 Å². The van der Waals surface area contributed by atoms with Crippen molar-refractivity contribution in [2.75, 3.05) is 6.61 Å². The summed E-state index contributed by atoms with van der Waals surface area (Å²) in [5.41, 5.74) is 0. The van der Waals surface area contributed by atoms with Crippen LogP contribution in [0.15, 0.2) is 0 Å². The maximum Gasteiger partial charge on any atom is 0.303 e. The summed E-state index contributed by atoms with van der Waals surface area (Å²) >= 11 is 0. The number of ether oxygens (including phenoxy) is 4. The van der Waals surface area contributed by atoms with Gasteiger partial charge in [-0.25, -0.2) is 0 Å². The van der Waals surface area contributed by atoms with Crippen LogP contribution in [0.2, 0.25) is 0 Å². The molecular formula is C11H18O7. The van der Waals surface area contributed by atoms with Crippen molar-refractivity contribution >= 4 is 5.97 Å². The SMILES string of the molecule is CC(=O)O[C@@H]1[C@H]([C@H](O)CO)O[C@H]2OC(C)(C)O[C@@H]21. The first-order chi connectivity index (χ1) is 8.34. The normalized spacial score (nSPS) is 39.4. The number of carbonyl (C=O) groups is 1. The van der Waals surface area contributed by atoms with E-state index in [-0.39, 0.29) is 0 Å². The maximum atomic E-state index is 11.1. The fourth-order valence-corrected chi connectivity index (χ4v) is 2.24. The van der Waals surface area contributed by atoms with Crippen LogP contribution in [0.25, 0.3) is 0 Å². The van der Waals surface area contributed by atoms with Gasteiger partial charge in [0.1, 0.15) is 12.2 Å². The van der Waals surface area contributed by atoms with Crippen LogP contribution in [0.1, 0.15) is 20.8 Å². The summed E-state index contributed by atoms with van der Waals surface area (Å²) in [6.45, 7) is 4.20. The molecule has 2 saturated heterocycles. The Balaban J connectivity index is 2.14. The minimum Gasteiger partial charge on any atom is -0.457 e. The van der Waals surface area contributed by atoms with Gasteiger partial charge < -0.3 is 29.2 Å². The summed E-state index contributed by atoms with van der Waals surface area (Å²) < 4.78 is 21.6. The van der Waals surface area contributed by atoms with Crippen LogP contribution in [0.3, 0.4) is 0 Å². The third kappa shape index (κ3) is 2.50. The molecule has 2 aliphatic rings. The number of rotatable bonds is 3. The van der Waals surface area contributed by atoms with Crippen molar-refractivity contribution < 1.29 is 34.0 Å². The average molecular weight is 262 g/mol. The lowest BCUT2D eigenvalue weighted by molar-refractivity contribution is -0.230.